The monoisotopic (exact) mass is 276 g/mol. The van der Waals surface area contributed by atoms with Gasteiger partial charge in [0, 0.05) is 19.0 Å². The number of nitrogens with one attached hydrogen (secondary N) is 1. The van der Waals surface area contributed by atoms with E-state index >= 15 is 0 Å². The highest BCUT2D eigenvalue weighted by atomic mass is 16.6. The van der Waals surface area contributed by atoms with Crippen LogP contribution in [0, 0.1) is 0 Å². The molecule has 2 atom stereocenters. The number of morpholine rings is 1. The second-order valence-electron chi connectivity index (χ2n) is 5.16. The Balaban J connectivity index is 1.62. The van der Waals surface area contributed by atoms with Gasteiger partial charge in [-0.25, -0.2) is 4.79 Å². The average Bonchev–Trinajstić information content (AvgIpc) is 2.97. The quantitative estimate of drug-likeness (QED) is 0.890. The van der Waals surface area contributed by atoms with Gasteiger partial charge >= 0.3 is 6.09 Å². The molecule has 3 rings (SSSR count). The molecule has 0 saturated carbocycles. The van der Waals surface area contributed by atoms with Crippen LogP contribution in [0.3, 0.4) is 0 Å². The normalized spacial score (nSPS) is 26.5. The third-order valence-electron chi connectivity index (χ3n) is 3.89. The molecule has 20 heavy (non-hydrogen) atoms. The van der Waals surface area contributed by atoms with Crippen molar-refractivity contribution < 1.29 is 14.3 Å². The van der Waals surface area contributed by atoms with Crippen LogP contribution < -0.4 is 5.32 Å². The number of rotatable bonds is 2. The van der Waals surface area contributed by atoms with Crippen LogP contribution in [0.5, 0.6) is 0 Å². The van der Waals surface area contributed by atoms with Gasteiger partial charge in [0.15, 0.2) is 6.23 Å². The number of hydrogen-bond acceptors (Lipinski definition) is 4. The molecule has 0 unspecified atom stereocenters. The fourth-order valence-corrected chi connectivity index (χ4v) is 2.77. The van der Waals surface area contributed by atoms with E-state index in [1.807, 2.05) is 18.2 Å². The lowest BCUT2D eigenvalue weighted by Crippen LogP contribution is -2.44. The summed E-state index contributed by atoms with van der Waals surface area (Å²) < 4.78 is 10.9. The van der Waals surface area contributed by atoms with E-state index in [1.165, 1.54) is 5.56 Å². The molecule has 1 aromatic rings. The second kappa shape index (κ2) is 6.24. The molecule has 108 valence electrons. The first-order valence-corrected chi connectivity index (χ1v) is 7.16. The van der Waals surface area contributed by atoms with E-state index in [0.29, 0.717) is 26.3 Å². The van der Waals surface area contributed by atoms with Crippen LogP contribution in [-0.2, 0) is 9.47 Å². The van der Waals surface area contributed by atoms with E-state index in [4.69, 9.17) is 9.47 Å². The first kappa shape index (κ1) is 13.4. The Bertz CT molecular complexity index is 446. The maximum Gasteiger partial charge on any atom is 0.411 e. The van der Waals surface area contributed by atoms with Crippen LogP contribution in [0.2, 0.25) is 0 Å². The van der Waals surface area contributed by atoms with Gasteiger partial charge in [-0.3, -0.25) is 5.32 Å². The molecule has 2 heterocycles. The fraction of sp³-hybridized carbons (Fsp3) is 0.533. The van der Waals surface area contributed by atoms with Gasteiger partial charge in [-0.05, 0) is 18.5 Å². The van der Waals surface area contributed by atoms with Crippen LogP contribution in [0.15, 0.2) is 30.3 Å². The molecule has 2 fully saturated rings. The zero-order valence-electron chi connectivity index (χ0n) is 11.5. The Hall–Kier alpha value is -1.59. The summed E-state index contributed by atoms with van der Waals surface area (Å²) in [5.74, 6) is 0.237. The van der Waals surface area contributed by atoms with Crippen LogP contribution >= 0.6 is 0 Å². The SMILES string of the molecule is O=C(O[C@H]1NCC[C@@H]1c1ccccc1)N1CCOCC1. The van der Waals surface area contributed by atoms with E-state index in [-0.39, 0.29) is 18.2 Å². The number of ether oxygens (including phenoxy) is 2. The summed E-state index contributed by atoms with van der Waals surface area (Å²) in [4.78, 5) is 13.9. The number of amides is 1. The van der Waals surface area contributed by atoms with Gasteiger partial charge in [-0.15, -0.1) is 0 Å². The molecule has 1 aromatic carbocycles. The van der Waals surface area contributed by atoms with Crippen molar-refractivity contribution in [2.75, 3.05) is 32.8 Å². The zero-order valence-corrected chi connectivity index (χ0v) is 11.5. The molecule has 2 aliphatic heterocycles. The lowest BCUT2D eigenvalue weighted by Gasteiger charge is -2.29. The van der Waals surface area contributed by atoms with Crippen molar-refractivity contribution in [2.45, 2.75) is 18.6 Å². The van der Waals surface area contributed by atoms with E-state index in [9.17, 15) is 4.79 Å². The second-order valence-corrected chi connectivity index (χ2v) is 5.16. The Morgan fingerprint density at radius 1 is 1.25 bits per heavy atom. The van der Waals surface area contributed by atoms with Crippen molar-refractivity contribution in [1.82, 2.24) is 10.2 Å². The minimum Gasteiger partial charge on any atom is -0.430 e. The third-order valence-corrected chi connectivity index (χ3v) is 3.89. The Kier molecular flexibility index (Phi) is 4.18. The number of benzene rings is 1. The molecular formula is C15H20N2O3. The molecule has 1 amide bonds. The lowest BCUT2D eigenvalue weighted by molar-refractivity contribution is 0.00648. The number of carbonyl (C=O) groups is 1. The molecule has 0 radical (unpaired) electrons. The molecule has 0 aliphatic carbocycles. The first-order chi connectivity index (χ1) is 9.84. The van der Waals surface area contributed by atoms with Crippen molar-refractivity contribution in [1.29, 1.82) is 0 Å². The van der Waals surface area contributed by atoms with Gasteiger partial charge < -0.3 is 14.4 Å². The summed E-state index contributed by atoms with van der Waals surface area (Å²) in [6.45, 7) is 3.29. The summed E-state index contributed by atoms with van der Waals surface area (Å²) in [5, 5.41) is 3.27. The average molecular weight is 276 g/mol. The molecule has 2 saturated heterocycles. The molecule has 0 spiro atoms. The van der Waals surface area contributed by atoms with Crippen molar-refractivity contribution in [2.24, 2.45) is 0 Å². The maximum absolute atomic E-state index is 12.1. The predicted octanol–water partition coefficient (Wildman–Crippen LogP) is 1.56. The van der Waals surface area contributed by atoms with Gasteiger partial charge in [-0.1, -0.05) is 30.3 Å². The minimum atomic E-state index is -0.242. The number of carbonyl (C=O) groups excluding carboxylic acids is 1. The van der Waals surface area contributed by atoms with Gasteiger partial charge in [0.25, 0.3) is 0 Å². The summed E-state index contributed by atoms with van der Waals surface area (Å²) in [5.41, 5.74) is 1.22. The highest BCUT2D eigenvalue weighted by molar-refractivity contribution is 5.68. The minimum absolute atomic E-state index is 0.229. The number of nitrogens with zero attached hydrogens (tertiary/aromatic N) is 1. The summed E-state index contributed by atoms with van der Waals surface area (Å²) >= 11 is 0. The lowest BCUT2D eigenvalue weighted by atomic mass is 9.97. The van der Waals surface area contributed by atoms with Crippen LogP contribution in [-0.4, -0.2) is 50.1 Å². The fourth-order valence-electron chi connectivity index (χ4n) is 2.77. The molecule has 5 nitrogen and oxygen atoms in total. The van der Waals surface area contributed by atoms with Gasteiger partial charge in [-0.2, -0.15) is 0 Å². The molecule has 5 heteroatoms. The van der Waals surface area contributed by atoms with Crippen molar-refractivity contribution in [3.8, 4) is 0 Å². The topological polar surface area (TPSA) is 50.8 Å². The Morgan fingerprint density at radius 3 is 2.75 bits per heavy atom. The maximum atomic E-state index is 12.1. The van der Waals surface area contributed by atoms with E-state index in [2.05, 4.69) is 17.4 Å². The van der Waals surface area contributed by atoms with Crippen LogP contribution in [0.1, 0.15) is 17.9 Å². The van der Waals surface area contributed by atoms with Crippen molar-refractivity contribution >= 4 is 6.09 Å². The molecule has 0 bridgehead atoms. The van der Waals surface area contributed by atoms with Crippen molar-refractivity contribution in [3.05, 3.63) is 35.9 Å². The first-order valence-electron chi connectivity index (χ1n) is 7.16. The summed E-state index contributed by atoms with van der Waals surface area (Å²) in [7, 11) is 0. The molecule has 0 aromatic heterocycles. The van der Waals surface area contributed by atoms with Gasteiger partial charge in [0.1, 0.15) is 0 Å². The molecule has 1 N–H and O–H groups in total. The van der Waals surface area contributed by atoms with E-state index < -0.39 is 0 Å². The standard InChI is InChI=1S/C15H20N2O3/c18-15(17-8-10-19-11-9-17)20-14-13(6-7-16-14)12-4-2-1-3-5-12/h1-5,13-14,16H,6-11H2/t13-,14-/m1/s1. The molecular weight excluding hydrogens is 256 g/mol. The number of hydrogen-bond donors (Lipinski definition) is 1. The van der Waals surface area contributed by atoms with Crippen LogP contribution in [0.4, 0.5) is 4.79 Å². The van der Waals surface area contributed by atoms with Crippen molar-refractivity contribution in [3.63, 3.8) is 0 Å². The Morgan fingerprint density at radius 2 is 2.00 bits per heavy atom. The van der Waals surface area contributed by atoms with Gasteiger partial charge in [0.05, 0.1) is 13.2 Å². The largest absolute Gasteiger partial charge is 0.430 e. The highest BCUT2D eigenvalue weighted by Crippen LogP contribution is 2.28. The zero-order chi connectivity index (χ0) is 13.8. The summed E-state index contributed by atoms with van der Waals surface area (Å²) in [6.07, 6.45) is 0.520. The third kappa shape index (κ3) is 2.94. The van der Waals surface area contributed by atoms with Gasteiger partial charge in [0.2, 0.25) is 0 Å². The van der Waals surface area contributed by atoms with E-state index in [1.54, 1.807) is 4.90 Å². The summed E-state index contributed by atoms with van der Waals surface area (Å²) in [6, 6.07) is 10.2. The van der Waals surface area contributed by atoms with E-state index in [0.717, 1.165) is 13.0 Å². The smallest absolute Gasteiger partial charge is 0.411 e. The predicted molar refractivity (Wildman–Crippen MR) is 74.5 cm³/mol. The Labute approximate surface area is 118 Å². The highest BCUT2D eigenvalue weighted by Gasteiger charge is 2.32. The molecule has 2 aliphatic rings. The van der Waals surface area contributed by atoms with Crippen LogP contribution in [0.25, 0.3) is 0 Å².